The van der Waals surface area contributed by atoms with Crippen molar-refractivity contribution in [3.8, 4) is 0 Å². The summed E-state index contributed by atoms with van der Waals surface area (Å²) in [6, 6.07) is 0.945. The summed E-state index contributed by atoms with van der Waals surface area (Å²) in [6.07, 6.45) is 0. The Morgan fingerprint density at radius 2 is 1.88 bits per heavy atom. The van der Waals surface area contributed by atoms with E-state index in [-0.39, 0.29) is 0 Å². The van der Waals surface area contributed by atoms with Crippen molar-refractivity contribution in [2.45, 2.75) is 6.04 Å². The minimum absolute atomic E-state index is 0.843. The normalized spacial score (nSPS) is 10.5. The van der Waals surface area contributed by atoms with Crippen LogP contribution < -0.4 is 0 Å². The maximum atomic E-state index is 4.97. The molecule has 0 aromatic heterocycles. The first-order valence-electron chi connectivity index (χ1n) is 2.39. The summed E-state index contributed by atoms with van der Waals surface area (Å²) in [4.78, 5) is 0. The third-order valence-corrected chi connectivity index (χ3v) is 2.98. The molecule has 0 aliphatic carbocycles. The van der Waals surface area contributed by atoms with E-state index in [0.717, 1.165) is 11.8 Å². The molecule has 49 valence electrons. The summed E-state index contributed by atoms with van der Waals surface area (Å²) in [5.74, 6) is 0.843. The first kappa shape index (κ1) is 8.49. The van der Waals surface area contributed by atoms with E-state index >= 15 is 0 Å². The minimum Gasteiger partial charge on any atom is -0.397 e. The zero-order valence-electron chi connectivity index (χ0n) is 5.18. The molecule has 0 N–H and O–H groups in total. The fraction of sp³-hybridized carbons (Fsp3) is 1.00. The molecular formula is C4H11O2SSi. The minimum atomic E-state index is -0.951. The van der Waals surface area contributed by atoms with E-state index < -0.39 is 9.28 Å². The highest BCUT2D eigenvalue weighted by molar-refractivity contribution is 7.80. The van der Waals surface area contributed by atoms with Crippen LogP contribution in [0.5, 0.6) is 0 Å². The predicted octanol–water partition coefficient (Wildman–Crippen LogP) is 0.697. The molecule has 0 bridgehead atoms. The number of thiol groups is 1. The largest absolute Gasteiger partial charge is 0.397 e. The van der Waals surface area contributed by atoms with Crippen LogP contribution in [0.3, 0.4) is 0 Å². The van der Waals surface area contributed by atoms with E-state index in [1.807, 2.05) is 0 Å². The summed E-state index contributed by atoms with van der Waals surface area (Å²) in [5, 5.41) is 0. The smallest absolute Gasteiger partial charge is 0.384 e. The Kier molecular flexibility index (Phi) is 5.96. The molecule has 0 heterocycles. The Bertz CT molecular complexity index is 49.3. The maximum Gasteiger partial charge on any atom is 0.384 e. The van der Waals surface area contributed by atoms with Crippen LogP contribution in [0.15, 0.2) is 0 Å². The Morgan fingerprint density at radius 3 is 2.00 bits per heavy atom. The molecule has 1 radical (unpaired) electrons. The third kappa shape index (κ3) is 3.48. The van der Waals surface area contributed by atoms with Crippen LogP contribution in [0.25, 0.3) is 0 Å². The lowest BCUT2D eigenvalue weighted by Gasteiger charge is -2.05. The zero-order valence-corrected chi connectivity index (χ0v) is 7.07. The molecule has 0 aliphatic rings. The van der Waals surface area contributed by atoms with Gasteiger partial charge in [-0.1, -0.05) is 0 Å². The van der Waals surface area contributed by atoms with Gasteiger partial charge in [-0.2, -0.15) is 12.6 Å². The third-order valence-electron chi connectivity index (χ3n) is 0.771. The van der Waals surface area contributed by atoms with Gasteiger partial charge in [0.2, 0.25) is 0 Å². The van der Waals surface area contributed by atoms with Crippen LogP contribution in [0, 0.1) is 0 Å². The highest BCUT2D eigenvalue weighted by atomic mass is 32.1. The van der Waals surface area contributed by atoms with Crippen molar-refractivity contribution in [2.75, 3.05) is 20.0 Å². The predicted molar refractivity (Wildman–Crippen MR) is 38.4 cm³/mol. The second kappa shape index (κ2) is 5.62. The quantitative estimate of drug-likeness (QED) is 0.471. The topological polar surface area (TPSA) is 18.5 Å². The van der Waals surface area contributed by atoms with Gasteiger partial charge in [0.1, 0.15) is 0 Å². The van der Waals surface area contributed by atoms with Crippen molar-refractivity contribution in [1.29, 1.82) is 0 Å². The molecule has 0 saturated carbocycles. The molecule has 0 fully saturated rings. The average molecular weight is 151 g/mol. The Balaban J connectivity index is 3.07. The molecule has 2 nitrogen and oxygen atoms in total. The summed E-state index contributed by atoms with van der Waals surface area (Å²) >= 11 is 4.03. The highest BCUT2D eigenvalue weighted by Crippen LogP contribution is 1.94. The van der Waals surface area contributed by atoms with Crippen LogP contribution in [0.4, 0.5) is 0 Å². The van der Waals surface area contributed by atoms with Gasteiger partial charge >= 0.3 is 9.28 Å². The van der Waals surface area contributed by atoms with Gasteiger partial charge < -0.3 is 8.85 Å². The first-order valence-corrected chi connectivity index (χ1v) is 4.55. The molecule has 0 aromatic carbocycles. The van der Waals surface area contributed by atoms with Crippen molar-refractivity contribution < 1.29 is 8.85 Å². The lowest BCUT2D eigenvalue weighted by atomic mass is 11.0. The Labute approximate surface area is 57.4 Å². The standard InChI is InChI=1S/C4H11O2SSi/c1-5-8(6-2)4-3-7/h7H,3-4H2,1-2H3. The van der Waals surface area contributed by atoms with E-state index in [2.05, 4.69) is 12.6 Å². The monoisotopic (exact) mass is 151 g/mol. The van der Waals surface area contributed by atoms with Gasteiger partial charge in [0.05, 0.1) is 0 Å². The van der Waals surface area contributed by atoms with Gasteiger partial charge in [0, 0.05) is 20.3 Å². The second-order valence-corrected chi connectivity index (χ2v) is 3.76. The number of hydrogen-bond acceptors (Lipinski definition) is 3. The van der Waals surface area contributed by atoms with Crippen molar-refractivity contribution >= 4 is 21.9 Å². The fourth-order valence-electron chi connectivity index (χ4n) is 0.379. The van der Waals surface area contributed by atoms with Crippen molar-refractivity contribution in [1.82, 2.24) is 0 Å². The summed E-state index contributed by atoms with van der Waals surface area (Å²) < 4.78 is 9.94. The van der Waals surface area contributed by atoms with E-state index in [9.17, 15) is 0 Å². The van der Waals surface area contributed by atoms with Crippen molar-refractivity contribution in [2.24, 2.45) is 0 Å². The SMILES string of the molecule is CO[Si](CCS)OC. The van der Waals surface area contributed by atoms with Crippen LogP contribution in [0.2, 0.25) is 6.04 Å². The molecule has 0 spiro atoms. The van der Waals surface area contributed by atoms with Gasteiger partial charge in [0.25, 0.3) is 0 Å². The van der Waals surface area contributed by atoms with Crippen LogP contribution in [-0.2, 0) is 8.85 Å². The molecular weight excluding hydrogens is 140 g/mol. The first-order chi connectivity index (χ1) is 3.85. The summed E-state index contributed by atoms with van der Waals surface area (Å²) in [5.41, 5.74) is 0. The van der Waals surface area contributed by atoms with E-state index in [1.165, 1.54) is 0 Å². The lowest BCUT2D eigenvalue weighted by Crippen LogP contribution is -2.18. The Hall–Kier alpha value is 0.487. The zero-order chi connectivity index (χ0) is 6.41. The molecule has 0 saturated heterocycles. The molecule has 0 unspecified atom stereocenters. The number of rotatable bonds is 4. The molecule has 4 heteroatoms. The van der Waals surface area contributed by atoms with Gasteiger partial charge in [-0.3, -0.25) is 0 Å². The average Bonchev–Trinajstić information content (AvgIpc) is 1.83. The molecule has 0 rings (SSSR count). The van der Waals surface area contributed by atoms with Crippen molar-refractivity contribution in [3.63, 3.8) is 0 Å². The fourth-order valence-corrected chi connectivity index (χ4v) is 1.68. The number of hydrogen-bond donors (Lipinski definition) is 1. The molecule has 0 atom stereocenters. The molecule has 0 aromatic rings. The highest BCUT2D eigenvalue weighted by Gasteiger charge is 2.08. The van der Waals surface area contributed by atoms with Gasteiger partial charge in [0.15, 0.2) is 0 Å². The van der Waals surface area contributed by atoms with Crippen molar-refractivity contribution in [3.05, 3.63) is 0 Å². The lowest BCUT2D eigenvalue weighted by molar-refractivity contribution is 0.279. The Morgan fingerprint density at radius 1 is 1.38 bits per heavy atom. The van der Waals surface area contributed by atoms with E-state index in [1.54, 1.807) is 14.2 Å². The van der Waals surface area contributed by atoms with E-state index in [4.69, 9.17) is 8.85 Å². The summed E-state index contributed by atoms with van der Waals surface area (Å²) in [6.45, 7) is 0. The van der Waals surface area contributed by atoms with E-state index in [0.29, 0.717) is 0 Å². The van der Waals surface area contributed by atoms with Gasteiger partial charge in [-0.15, -0.1) is 0 Å². The van der Waals surface area contributed by atoms with Gasteiger partial charge in [-0.25, -0.2) is 0 Å². The maximum absolute atomic E-state index is 4.97. The van der Waals surface area contributed by atoms with Crippen LogP contribution >= 0.6 is 12.6 Å². The second-order valence-electron chi connectivity index (χ2n) is 1.25. The summed E-state index contributed by atoms with van der Waals surface area (Å²) in [7, 11) is 2.39. The van der Waals surface area contributed by atoms with Gasteiger partial charge in [-0.05, 0) is 5.75 Å². The van der Waals surface area contributed by atoms with Crippen LogP contribution in [-0.4, -0.2) is 29.3 Å². The molecule has 8 heavy (non-hydrogen) atoms. The van der Waals surface area contributed by atoms with Crippen LogP contribution in [0.1, 0.15) is 0 Å². The molecule has 0 aliphatic heterocycles. The molecule has 0 amide bonds.